The molecule has 0 unspecified atom stereocenters. The Morgan fingerprint density at radius 2 is 2.11 bits per heavy atom. The highest BCUT2D eigenvalue weighted by atomic mass is 32.2. The summed E-state index contributed by atoms with van der Waals surface area (Å²) in [5.41, 5.74) is 2.92. The molecule has 0 bridgehead atoms. The summed E-state index contributed by atoms with van der Waals surface area (Å²) in [6.07, 6.45) is 1.60. The van der Waals surface area contributed by atoms with Crippen LogP contribution in [-0.4, -0.2) is 20.2 Å². The average molecular weight is 276 g/mol. The van der Waals surface area contributed by atoms with E-state index in [0.29, 0.717) is 21.0 Å². The number of nitrogens with one attached hydrogen (secondary N) is 2. The molecule has 0 radical (unpaired) electrons. The third-order valence-corrected chi connectivity index (χ3v) is 3.50. The van der Waals surface area contributed by atoms with Gasteiger partial charge >= 0.3 is 0 Å². The minimum atomic E-state index is -0.301. The second kappa shape index (κ2) is 4.82. The molecule has 0 atom stereocenters. The highest BCUT2D eigenvalue weighted by Gasteiger charge is 2.12. The molecular weight excluding hydrogens is 267 g/mol. The number of hydrogen-bond acceptors (Lipinski definition) is 6. The lowest BCUT2D eigenvalue weighted by Gasteiger charge is -2.05. The molecule has 96 valence electrons. The standard InChI is InChI=1S/C11H9FN6S/c12-7-3-1-2-4-8(7)19-10-6-5-14-18-9(6)15-11(16-10)17-13/h1-5H,13H2,(H2,14,15,16,17,18). The van der Waals surface area contributed by atoms with E-state index in [9.17, 15) is 4.39 Å². The van der Waals surface area contributed by atoms with Crippen LogP contribution in [0.5, 0.6) is 0 Å². The largest absolute Gasteiger partial charge is 0.292 e. The molecule has 0 fully saturated rings. The van der Waals surface area contributed by atoms with Crippen LogP contribution in [0.2, 0.25) is 0 Å². The van der Waals surface area contributed by atoms with E-state index < -0.39 is 0 Å². The number of aromatic nitrogens is 4. The van der Waals surface area contributed by atoms with Gasteiger partial charge < -0.3 is 0 Å². The minimum Gasteiger partial charge on any atom is -0.292 e. The van der Waals surface area contributed by atoms with Crippen molar-refractivity contribution >= 4 is 28.7 Å². The second-order valence-electron chi connectivity index (χ2n) is 3.66. The first-order valence-electron chi connectivity index (χ1n) is 5.38. The molecule has 8 heteroatoms. The Morgan fingerprint density at radius 3 is 2.89 bits per heavy atom. The van der Waals surface area contributed by atoms with Crippen molar-refractivity contribution < 1.29 is 4.39 Å². The number of hydrazine groups is 1. The van der Waals surface area contributed by atoms with Gasteiger partial charge in [0, 0.05) is 4.90 Å². The van der Waals surface area contributed by atoms with Crippen LogP contribution in [0.4, 0.5) is 10.3 Å². The maximum Gasteiger partial charge on any atom is 0.240 e. The molecule has 0 aliphatic heterocycles. The number of halogens is 1. The number of nitrogen functional groups attached to an aromatic ring is 1. The van der Waals surface area contributed by atoms with E-state index in [2.05, 4.69) is 25.6 Å². The summed E-state index contributed by atoms with van der Waals surface area (Å²) in [6, 6.07) is 6.49. The Kier molecular flexibility index (Phi) is 3.02. The first kappa shape index (κ1) is 11.9. The number of nitrogens with two attached hydrogens (primary N) is 1. The molecule has 0 saturated carbocycles. The summed E-state index contributed by atoms with van der Waals surface area (Å²) in [7, 11) is 0. The summed E-state index contributed by atoms with van der Waals surface area (Å²) >= 11 is 1.20. The minimum absolute atomic E-state index is 0.246. The first-order chi connectivity index (χ1) is 9.28. The Balaban J connectivity index is 2.09. The summed E-state index contributed by atoms with van der Waals surface area (Å²) in [6.45, 7) is 0. The van der Waals surface area contributed by atoms with Gasteiger partial charge in [-0.25, -0.2) is 15.2 Å². The van der Waals surface area contributed by atoms with E-state index in [1.54, 1.807) is 24.4 Å². The SMILES string of the molecule is NNc1nc(Sc2ccccc2F)c2cn[nH]c2n1. The van der Waals surface area contributed by atoms with Crippen LogP contribution >= 0.6 is 11.8 Å². The van der Waals surface area contributed by atoms with Gasteiger partial charge in [0.05, 0.1) is 11.6 Å². The van der Waals surface area contributed by atoms with E-state index in [1.807, 2.05) is 0 Å². The van der Waals surface area contributed by atoms with Crippen molar-refractivity contribution in [2.75, 3.05) is 5.43 Å². The fraction of sp³-hybridized carbons (Fsp3) is 0. The van der Waals surface area contributed by atoms with Crippen LogP contribution in [0, 0.1) is 5.82 Å². The van der Waals surface area contributed by atoms with Crippen molar-refractivity contribution in [1.82, 2.24) is 20.2 Å². The molecular formula is C11H9FN6S. The van der Waals surface area contributed by atoms with Crippen LogP contribution in [0.3, 0.4) is 0 Å². The van der Waals surface area contributed by atoms with Gasteiger partial charge in [0.2, 0.25) is 5.95 Å². The monoisotopic (exact) mass is 276 g/mol. The van der Waals surface area contributed by atoms with E-state index in [4.69, 9.17) is 5.84 Å². The molecule has 4 N–H and O–H groups in total. The first-order valence-corrected chi connectivity index (χ1v) is 6.19. The molecule has 1 aromatic carbocycles. The van der Waals surface area contributed by atoms with E-state index in [0.717, 1.165) is 0 Å². The van der Waals surface area contributed by atoms with Gasteiger partial charge in [-0.2, -0.15) is 10.1 Å². The molecule has 2 aromatic heterocycles. The van der Waals surface area contributed by atoms with Crippen LogP contribution in [0.25, 0.3) is 11.0 Å². The van der Waals surface area contributed by atoms with Crippen molar-refractivity contribution in [2.45, 2.75) is 9.92 Å². The van der Waals surface area contributed by atoms with Crippen molar-refractivity contribution in [3.05, 3.63) is 36.3 Å². The zero-order chi connectivity index (χ0) is 13.2. The molecule has 0 aliphatic carbocycles. The summed E-state index contributed by atoms with van der Waals surface area (Å²) in [4.78, 5) is 8.80. The molecule has 0 aliphatic rings. The highest BCUT2D eigenvalue weighted by Crippen LogP contribution is 2.32. The zero-order valence-electron chi connectivity index (χ0n) is 9.59. The Labute approximate surface area is 111 Å². The average Bonchev–Trinajstić information content (AvgIpc) is 2.89. The number of nitrogens with zero attached hydrogens (tertiary/aromatic N) is 3. The number of hydrogen-bond donors (Lipinski definition) is 3. The van der Waals surface area contributed by atoms with Crippen molar-refractivity contribution in [3.63, 3.8) is 0 Å². The van der Waals surface area contributed by atoms with Crippen LogP contribution in [-0.2, 0) is 0 Å². The van der Waals surface area contributed by atoms with Gasteiger partial charge in [0.15, 0.2) is 5.65 Å². The van der Waals surface area contributed by atoms with E-state index in [1.165, 1.54) is 17.8 Å². The molecule has 0 spiro atoms. The number of rotatable bonds is 3. The maximum absolute atomic E-state index is 13.7. The molecule has 0 saturated heterocycles. The quantitative estimate of drug-likeness (QED) is 0.384. The number of fused-ring (bicyclic) bond motifs is 1. The lowest BCUT2D eigenvalue weighted by atomic mass is 10.3. The van der Waals surface area contributed by atoms with Gasteiger partial charge in [0.25, 0.3) is 0 Å². The number of H-pyrrole nitrogens is 1. The fourth-order valence-electron chi connectivity index (χ4n) is 1.58. The van der Waals surface area contributed by atoms with E-state index >= 15 is 0 Å². The third kappa shape index (κ3) is 2.23. The molecule has 19 heavy (non-hydrogen) atoms. The lowest BCUT2D eigenvalue weighted by molar-refractivity contribution is 0.602. The van der Waals surface area contributed by atoms with Crippen molar-refractivity contribution in [3.8, 4) is 0 Å². The van der Waals surface area contributed by atoms with Gasteiger partial charge in [-0.15, -0.1) is 0 Å². The summed E-state index contributed by atoms with van der Waals surface area (Å²) < 4.78 is 13.7. The normalized spacial score (nSPS) is 10.8. The fourth-order valence-corrected chi connectivity index (χ4v) is 2.49. The molecule has 3 rings (SSSR count). The lowest BCUT2D eigenvalue weighted by Crippen LogP contribution is -2.10. The number of aromatic amines is 1. The Bertz CT molecular complexity index is 728. The molecule has 3 aromatic rings. The Hall–Kier alpha value is -2.19. The van der Waals surface area contributed by atoms with E-state index in [-0.39, 0.29) is 11.8 Å². The summed E-state index contributed by atoms with van der Waals surface area (Å²) in [5.74, 6) is 5.25. The van der Waals surface area contributed by atoms with Crippen molar-refractivity contribution in [1.29, 1.82) is 0 Å². The zero-order valence-corrected chi connectivity index (χ0v) is 10.4. The van der Waals surface area contributed by atoms with Gasteiger partial charge in [-0.1, -0.05) is 23.9 Å². The van der Waals surface area contributed by atoms with Gasteiger partial charge in [-0.05, 0) is 12.1 Å². The van der Waals surface area contributed by atoms with Crippen LogP contribution in [0.1, 0.15) is 0 Å². The smallest absolute Gasteiger partial charge is 0.240 e. The Morgan fingerprint density at radius 1 is 1.26 bits per heavy atom. The molecule has 2 heterocycles. The number of benzene rings is 1. The summed E-state index contributed by atoms with van der Waals surface area (Å²) in [5, 5.41) is 7.92. The topological polar surface area (TPSA) is 92.5 Å². The maximum atomic E-state index is 13.7. The molecule has 0 amide bonds. The van der Waals surface area contributed by atoms with Gasteiger partial charge in [-0.3, -0.25) is 10.5 Å². The molecule has 6 nitrogen and oxygen atoms in total. The highest BCUT2D eigenvalue weighted by molar-refractivity contribution is 7.99. The predicted molar refractivity (Wildman–Crippen MR) is 70.0 cm³/mol. The predicted octanol–water partition coefficient (Wildman–Crippen LogP) is 1.93. The second-order valence-corrected chi connectivity index (χ2v) is 4.69. The van der Waals surface area contributed by atoms with Gasteiger partial charge in [0.1, 0.15) is 10.8 Å². The van der Waals surface area contributed by atoms with Crippen LogP contribution < -0.4 is 11.3 Å². The van der Waals surface area contributed by atoms with Crippen molar-refractivity contribution in [2.24, 2.45) is 5.84 Å². The number of anilines is 1. The third-order valence-electron chi connectivity index (χ3n) is 2.45. The van der Waals surface area contributed by atoms with Crippen LogP contribution in [0.15, 0.2) is 40.4 Å².